The quantitative estimate of drug-likeness (QED) is 0.579. The van der Waals surface area contributed by atoms with E-state index in [4.69, 9.17) is 5.11 Å². The molecule has 56 valence electrons. The maximum absolute atomic E-state index is 10.4. The van der Waals surface area contributed by atoms with Crippen molar-refractivity contribution in [1.29, 1.82) is 0 Å². The molecular formula is C7H11NO2. The molecule has 0 bridgehead atoms. The van der Waals surface area contributed by atoms with Gasteiger partial charge in [-0.1, -0.05) is 6.08 Å². The molecule has 0 aliphatic carbocycles. The van der Waals surface area contributed by atoms with Gasteiger partial charge in [-0.2, -0.15) is 0 Å². The first-order valence-corrected chi connectivity index (χ1v) is 3.30. The summed E-state index contributed by atoms with van der Waals surface area (Å²) in [6.45, 7) is 0.631. The van der Waals surface area contributed by atoms with Gasteiger partial charge in [-0.05, 0) is 12.6 Å². The van der Waals surface area contributed by atoms with E-state index < -0.39 is 5.97 Å². The van der Waals surface area contributed by atoms with Crippen molar-refractivity contribution >= 4 is 5.97 Å². The Hall–Kier alpha value is -0.990. The Bertz CT molecular complexity index is 165. The average Bonchev–Trinajstić information content (AvgIpc) is 1.88. The molecule has 10 heavy (non-hydrogen) atoms. The standard InChI is InChI=1S/C7H11NO2/c1-8-4-2-3-6(5-8)7(9)10/h2,4,6H,3,5H2,1H3,(H,9,10)/t6-/m1/s1. The van der Waals surface area contributed by atoms with E-state index in [-0.39, 0.29) is 5.92 Å². The van der Waals surface area contributed by atoms with Gasteiger partial charge >= 0.3 is 5.97 Å². The number of carbonyl (C=O) groups is 1. The molecule has 1 N–H and O–H groups in total. The van der Waals surface area contributed by atoms with E-state index in [0.29, 0.717) is 13.0 Å². The summed E-state index contributed by atoms with van der Waals surface area (Å²) < 4.78 is 0. The highest BCUT2D eigenvalue weighted by atomic mass is 16.4. The molecular weight excluding hydrogens is 130 g/mol. The SMILES string of the molecule is CN1C=CC[C@@H](C(=O)O)C1. The first-order valence-electron chi connectivity index (χ1n) is 3.30. The molecule has 0 radical (unpaired) electrons. The lowest BCUT2D eigenvalue weighted by Crippen LogP contribution is -2.29. The molecule has 1 atom stereocenters. The summed E-state index contributed by atoms with van der Waals surface area (Å²) in [4.78, 5) is 12.3. The largest absolute Gasteiger partial charge is 0.481 e. The molecule has 1 rings (SSSR count). The molecule has 0 saturated carbocycles. The molecule has 1 heterocycles. The van der Waals surface area contributed by atoms with Crippen LogP contribution in [0.1, 0.15) is 6.42 Å². The van der Waals surface area contributed by atoms with E-state index >= 15 is 0 Å². The summed E-state index contributed by atoms with van der Waals surface area (Å²) in [6, 6.07) is 0. The Balaban J connectivity index is 2.52. The van der Waals surface area contributed by atoms with Gasteiger partial charge in [0, 0.05) is 13.6 Å². The Morgan fingerprint density at radius 3 is 2.90 bits per heavy atom. The van der Waals surface area contributed by atoms with Gasteiger partial charge in [0.15, 0.2) is 0 Å². The molecule has 0 aromatic rings. The van der Waals surface area contributed by atoms with Crippen LogP contribution in [0, 0.1) is 5.92 Å². The molecule has 1 aliphatic heterocycles. The van der Waals surface area contributed by atoms with E-state index in [1.807, 2.05) is 24.2 Å². The third-order valence-electron chi connectivity index (χ3n) is 1.64. The van der Waals surface area contributed by atoms with Crippen molar-refractivity contribution in [1.82, 2.24) is 4.90 Å². The van der Waals surface area contributed by atoms with Gasteiger partial charge in [0.2, 0.25) is 0 Å². The summed E-state index contributed by atoms with van der Waals surface area (Å²) in [5, 5.41) is 8.60. The topological polar surface area (TPSA) is 40.5 Å². The zero-order chi connectivity index (χ0) is 7.56. The van der Waals surface area contributed by atoms with Crippen LogP contribution < -0.4 is 0 Å². The molecule has 0 amide bonds. The number of hydrogen-bond donors (Lipinski definition) is 1. The fourth-order valence-electron chi connectivity index (χ4n) is 1.07. The maximum atomic E-state index is 10.4. The van der Waals surface area contributed by atoms with E-state index in [2.05, 4.69) is 0 Å². The van der Waals surface area contributed by atoms with Crippen molar-refractivity contribution in [3.05, 3.63) is 12.3 Å². The summed E-state index contributed by atoms with van der Waals surface area (Å²) in [6.07, 6.45) is 4.47. The van der Waals surface area contributed by atoms with Gasteiger partial charge in [-0.25, -0.2) is 0 Å². The van der Waals surface area contributed by atoms with Gasteiger partial charge in [0.25, 0.3) is 0 Å². The highest BCUT2D eigenvalue weighted by Gasteiger charge is 2.19. The van der Waals surface area contributed by atoms with Crippen LogP contribution in [0.15, 0.2) is 12.3 Å². The van der Waals surface area contributed by atoms with Crippen LogP contribution in [-0.2, 0) is 4.79 Å². The minimum Gasteiger partial charge on any atom is -0.481 e. The second-order valence-corrected chi connectivity index (χ2v) is 2.60. The summed E-state index contributed by atoms with van der Waals surface area (Å²) in [5.74, 6) is -0.911. The van der Waals surface area contributed by atoms with Gasteiger partial charge in [0.05, 0.1) is 5.92 Å². The highest BCUT2D eigenvalue weighted by Crippen LogP contribution is 2.11. The van der Waals surface area contributed by atoms with Crippen LogP contribution in [0.25, 0.3) is 0 Å². The van der Waals surface area contributed by atoms with Crippen molar-refractivity contribution in [3.8, 4) is 0 Å². The fraction of sp³-hybridized carbons (Fsp3) is 0.571. The van der Waals surface area contributed by atoms with Crippen molar-refractivity contribution in [3.63, 3.8) is 0 Å². The minimum atomic E-state index is -0.698. The second kappa shape index (κ2) is 2.73. The van der Waals surface area contributed by atoms with Crippen LogP contribution in [0.4, 0.5) is 0 Å². The van der Waals surface area contributed by atoms with Crippen LogP contribution in [0.5, 0.6) is 0 Å². The maximum Gasteiger partial charge on any atom is 0.308 e. The number of carboxylic acids is 1. The summed E-state index contributed by atoms with van der Waals surface area (Å²) in [5.41, 5.74) is 0. The van der Waals surface area contributed by atoms with Crippen molar-refractivity contribution in [2.45, 2.75) is 6.42 Å². The third-order valence-corrected chi connectivity index (χ3v) is 1.64. The van der Waals surface area contributed by atoms with E-state index in [0.717, 1.165) is 0 Å². The predicted octanol–water partition coefficient (Wildman–Crippen LogP) is 0.536. The summed E-state index contributed by atoms with van der Waals surface area (Å²) >= 11 is 0. The van der Waals surface area contributed by atoms with Gasteiger partial charge < -0.3 is 10.0 Å². The van der Waals surface area contributed by atoms with Gasteiger partial charge in [-0.15, -0.1) is 0 Å². The lowest BCUT2D eigenvalue weighted by atomic mass is 10.0. The van der Waals surface area contributed by atoms with Crippen LogP contribution >= 0.6 is 0 Å². The zero-order valence-electron chi connectivity index (χ0n) is 5.95. The van der Waals surface area contributed by atoms with Gasteiger partial charge in [-0.3, -0.25) is 4.79 Å². The molecule has 0 aromatic heterocycles. The number of rotatable bonds is 1. The van der Waals surface area contributed by atoms with E-state index in [1.165, 1.54) is 0 Å². The first-order chi connectivity index (χ1) is 4.70. The zero-order valence-corrected chi connectivity index (χ0v) is 5.95. The third kappa shape index (κ3) is 1.50. The Labute approximate surface area is 59.9 Å². The van der Waals surface area contributed by atoms with E-state index in [1.54, 1.807) is 0 Å². The second-order valence-electron chi connectivity index (χ2n) is 2.60. The number of allylic oxidation sites excluding steroid dienone is 1. The van der Waals surface area contributed by atoms with Crippen molar-refractivity contribution < 1.29 is 9.90 Å². The average molecular weight is 141 g/mol. The smallest absolute Gasteiger partial charge is 0.308 e. The van der Waals surface area contributed by atoms with Crippen LogP contribution in [-0.4, -0.2) is 29.6 Å². The fourth-order valence-corrected chi connectivity index (χ4v) is 1.07. The minimum absolute atomic E-state index is 0.213. The molecule has 0 fully saturated rings. The predicted molar refractivity (Wildman–Crippen MR) is 37.5 cm³/mol. The van der Waals surface area contributed by atoms with Crippen molar-refractivity contribution in [2.75, 3.05) is 13.6 Å². The molecule has 3 nitrogen and oxygen atoms in total. The number of hydrogen-bond acceptors (Lipinski definition) is 2. The Morgan fingerprint density at radius 1 is 1.80 bits per heavy atom. The summed E-state index contributed by atoms with van der Waals surface area (Å²) in [7, 11) is 1.88. The number of carboxylic acid groups (broad SMARTS) is 1. The Morgan fingerprint density at radius 2 is 2.50 bits per heavy atom. The number of nitrogens with zero attached hydrogens (tertiary/aromatic N) is 1. The van der Waals surface area contributed by atoms with Crippen LogP contribution in [0.3, 0.4) is 0 Å². The normalized spacial score (nSPS) is 24.9. The highest BCUT2D eigenvalue weighted by molar-refractivity contribution is 5.70. The van der Waals surface area contributed by atoms with Crippen LogP contribution in [0.2, 0.25) is 0 Å². The lowest BCUT2D eigenvalue weighted by Gasteiger charge is -2.22. The monoisotopic (exact) mass is 141 g/mol. The molecule has 0 aromatic carbocycles. The van der Waals surface area contributed by atoms with Gasteiger partial charge in [0.1, 0.15) is 0 Å². The molecule has 3 heteroatoms. The number of aliphatic carboxylic acids is 1. The molecule has 0 unspecified atom stereocenters. The molecule has 1 aliphatic rings. The molecule has 0 saturated heterocycles. The first kappa shape index (κ1) is 7.12. The Kier molecular flexibility index (Phi) is 1.94. The van der Waals surface area contributed by atoms with Crippen molar-refractivity contribution in [2.24, 2.45) is 5.92 Å². The molecule has 0 spiro atoms. The lowest BCUT2D eigenvalue weighted by molar-refractivity contribution is -0.142. The van der Waals surface area contributed by atoms with E-state index in [9.17, 15) is 4.79 Å².